The molecule has 1 amide bonds. The first-order valence-corrected chi connectivity index (χ1v) is 8.69. The largest absolute Gasteiger partial charge is 0.334 e. The van der Waals surface area contributed by atoms with Crippen LogP contribution in [0.2, 0.25) is 0 Å². The fourth-order valence-electron chi connectivity index (χ4n) is 2.95. The van der Waals surface area contributed by atoms with Crippen molar-refractivity contribution in [1.82, 2.24) is 9.55 Å². The van der Waals surface area contributed by atoms with Crippen LogP contribution < -0.4 is 5.32 Å². The highest BCUT2D eigenvalue weighted by atomic mass is 32.1. The Morgan fingerprint density at radius 3 is 2.91 bits per heavy atom. The highest BCUT2D eigenvalue weighted by molar-refractivity contribution is 7.12. The molecule has 5 heteroatoms. The van der Waals surface area contributed by atoms with Crippen molar-refractivity contribution in [3.8, 4) is 11.3 Å². The van der Waals surface area contributed by atoms with Gasteiger partial charge in [0.1, 0.15) is 5.82 Å². The van der Waals surface area contributed by atoms with Gasteiger partial charge in [-0.15, -0.1) is 11.3 Å². The van der Waals surface area contributed by atoms with Crippen LogP contribution >= 0.6 is 11.3 Å². The van der Waals surface area contributed by atoms with Crippen LogP contribution in [0.1, 0.15) is 28.3 Å². The zero-order valence-corrected chi connectivity index (χ0v) is 13.5. The minimum Gasteiger partial charge on any atom is -0.334 e. The SMILES string of the molecule is O=C(Nc1ccccc1-c1cn2c(n1)CCCC2)c1cccs1. The number of carbonyl (C=O) groups is 1. The van der Waals surface area contributed by atoms with Gasteiger partial charge in [0, 0.05) is 24.7 Å². The number of rotatable bonds is 3. The third kappa shape index (κ3) is 2.80. The van der Waals surface area contributed by atoms with Crippen molar-refractivity contribution in [3.63, 3.8) is 0 Å². The number of hydrogen-bond acceptors (Lipinski definition) is 3. The van der Waals surface area contributed by atoms with Crippen molar-refractivity contribution < 1.29 is 4.79 Å². The average Bonchev–Trinajstić information content (AvgIpc) is 3.25. The minimum absolute atomic E-state index is 0.0728. The first kappa shape index (κ1) is 14.2. The maximum absolute atomic E-state index is 12.3. The number of hydrogen-bond donors (Lipinski definition) is 1. The molecule has 0 radical (unpaired) electrons. The molecule has 116 valence electrons. The van der Waals surface area contributed by atoms with Gasteiger partial charge in [-0.2, -0.15) is 0 Å². The number of para-hydroxylation sites is 1. The van der Waals surface area contributed by atoms with Gasteiger partial charge < -0.3 is 9.88 Å². The Labute approximate surface area is 138 Å². The molecule has 0 atom stereocenters. The van der Waals surface area contributed by atoms with Crippen molar-refractivity contribution >= 4 is 22.9 Å². The number of aromatic nitrogens is 2. The van der Waals surface area contributed by atoms with Crippen molar-refractivity contribution in [1.29, 1.82) is 0 Å². The first-order chi connectivity index (χ1) is 11.3. The van der Waals surface area contributed by atoms with Gasteiger partial charge >= 0.3 is 0 Å². The molecule has 1 N–H and O–H groups in total. The average molecular weight is 323 g/mol. The van der Waals surface area contributed by atoms with Gasteiger partial charge in [0.15, 0.2) is 0 Å². The van der Waals surface area contributed by atoms with E-state index in [1.807, 2.05) is 41.8 Å². The van der Waals surface area contributed by atoms with E-state index in [0.717, 1.165) is 35.7 Å². The lowest BCUT2D eigenvalue weighted by molar-refractivity contribution is 0.103. The number of nitrogens with zero attached hydrogens (tertiary/aromatic N) is 2. The number of amides is 1. The van der Waals surface area contributed by atoms with Crippen LogP contribution in [0.3, 0.4) is 0 Å². The summed E-state index contributed by atoms with van der Waals surface area (Å²) >= 11 is 1.44. The monoisotopic (exact) mass is 323 g/mol. The zero-order valence-electron chi connectivity index (χ0n) is 12.7. The first-order valence-electron chi connectivity index (χ1n) is 7.81. The predicted molar refractivity (Wildman–Crippen MR) is 92.9 cm³/mol. The normalized spacial score (nSPS) is 13.6. The number of benzene rings is 1. The molecule has 23 heavy (non-hydrogen) atoms. The van der Waals surface area contributed by atoms with Gasteiger partial charge in [-0.25, -0.2) is 4.98 Å². The Morgan fingerprint density at radius 1 is 1.17 bits per heavy atom. The topological polar surface area (TPSA) is 46.9 Å². The molecule has 1 aliphatic heterocycles. The molecule has 0 spiro atoms. The number of aryl methyl sites for hydroxylation is 2. The minimum atomic E-state index is -0.0728. The summed E-state index contributed by atoms with van der Waals surface area (Å²) in [7, 11) is 0. The fourth-order valence-corrected chi connectivity index (χ4v) is 3.57. The van der Waals surface area contributed by atoms with E-state index in [1.165, 1.54) is 24.2 Å². The molecule has 0 unspecified atom stereocenters. The Hall–Kier alpha value is -2.40. The molecule has 0 aliphatic carbocycles. The van der Waals surface area contributed by atoms with E-state index in [-0.39, 0.29) is 5.91 Å². The third-order valence-corrected chi connectivity index (χ3v) is 4.97. The fraction of sp³-hybridized carbons (Fsp3) is 0.222. The Balaban J connectivity index is 1.67. The number of anilines is 1. The van der Waals surface area contributed by atoms with Gasteiger partial charge in [-0.3, -0.25) is 4.79 Å². The quantitative estimate of drug-likeness (QED) is 0.785. The molecule has 0 bridgehead atoms. The van der Waals surface area contributed by atoms with E-state index in [4.69, 9.17) is 4.98 Å². The molecule has 0 saturated carbocycles. The van der Waals surface area contributed by atoms with Gasteiger partial charge in [-0.05, 0) is 30.4 Å². The molecule has 4 nitrogen and oxygen atoms in total. The number of thiophene rings is 1. The highest BCUT2D eigenvalue weighted by Crippen LogP contribution is 2.29. The lowest BCUT2D eigenvalue weighted by Crippen LogP contribution is -2.10. The Bertz CT molecular complexity index is 812. The molecule has 3 aromatic rings. The van der Waals surface area contributed by atoms with E-state index >= 15 is 0 Å². The number of fused-ring (bicyclic) bond motifs is 1. The maximum atomic E-state index is 12.3. The van der Waals surface area contributed by atoms with Gasteiger partial charge in [-0.1, -0.05) is 24.3 Å². The van der Waals surface area contributed by atoms with Crippen LogP contribution in [0.5, 0.6) is 0 Å². The summed E-state index contributed by atoms with van der Waals surface area (Å²) in [6, 6.07) is 11.6. The van der Waals surface area contributed by atoms with E-state index in [0.29, 0.717) is 4.88 Å². The van der Waals surface area contributed by atoms with E-state index in [2.05, 4.69) is 16.1 Å². The highest BCUT2D eigenvalue weighted by Gasteiger charge is 2.16. The van der Waals surface area contributed by atoms with Crippen LogP contribution in [0, 0.1) is 0 Å². The van der Waals surface area contributed by atoms with Gasteiger partial charge in [0.25, 0.3) is 5.91 Å². The maximum Gasteiger partial charge on any atom is 0.265 e. The molecule has 0 saturated heterocycles. The molecular weight excluding hydrogens is 306 g/mol. The zero-order chi connectivity index (χ0) is 15.6. The molecule has 1 aliphatic rings. The van der Waals surface area contributed by atoms with Crippen molar-refractivity contribution in [2.75, 3.05) is 5.32 Å². The van der Waals surface area contributed by atoms with Crippen molar-refractivity contribution in [3.05, 3.63) is 58.7 Å². The summed E-state index contributed by atoms with van der Waals surface area (Å²) in [5, 5.41) is 4.92. The summed E-state index contributed by atoms with van der Waals surface area (Å²) in [5.74, 6) is 1.07. The second kappa shape index (κ2) is 6.01. The summed E-state index contributed by atoms with van der Waals surface area (Å²) in [6.07, 6.45) is 5.54. The van der Waals surface area contributed by atoms with Crippen molar-refractivity contribution in [2.24, 2.45) is 0 Å². The summed E-state index contributed by atoms with van der Waals surface area (Å²) in [4.78, 5) is 17.8. The number of nitrogens with one attached hydrogen (secondary N) is 1. The summed E-state index contributed by atoms with van der Waals surface area (Å²) < 4.78 is 2.23. The lowest BCUT2D eigenvalue weighted by atomic mass is 10.1. The van der Waals surface area contributed by atoms with E-state index in [1.54, 1.807) is 0 Å². The molecule has 4 rings (SSSR count). The number of carbonyl (C=O) groups excluding carboxylic acids is 1. The summed E-state index contributed by atoms with van der Waals surface area (Å²) in [6.45, 7) is 1.03. The summed E-state index contributed by atoms with van der Waals surface area (Å²) in [5.41, 5.74) is 2.71. The standard InChI is InChI=1S/C18H17N3OS/c22-18(16-8-5-11-23-16)20-14-7-2-1-6-13(14)15-12-21-10-4-3-9-17(21)19-15/h1-2,5-8,11-12H,3-4,9-10H2,(H,20,22). The van der Waals surface area contributed by atoms with Gasteiger partial charge in [0.2, 0.25) is 0 Å². The number of imidazole rings is 1. The van der Waals surface area contributed by atoms with E-state index < -0.39 is 0 Å². The third-order valence-electron chi connectivity index (χ3n) is 4.10. The predicted octanol–water partition coefficient (Wildman–Crippen LogP) is 4.20. The molecular formula is C18H17N3OS. The van der Waals surface area contributed by atoms with Crippen LogP contribution in [0.4, 0.5) is 5.69 Å². The second-order valence-electron chi connectivity index (χ2n) is 5.67. The molecule has 1 aromatic carbocycles. The van der Waals surface area contributed by atoms with E-state index in [9.17, 15) is 4.79 Å². The Morgan fingerprint density at radius 2 is 2.09 bits per heavy atom. The van der Waals surface area contributed by atoms with Crippen LogP contribution in [-0.4, -0.2) is 15.5 Å². The van der Waals surface area contributed by atoms with Crippen LogP contribution in [-0.2, 0) is 13.0 Å². The van der Waals surface area contributed by atoms with Crippen LogP contribution in [0.15, 0.2) is 48.0 Å². The van der Waals surface area contributed by atoms with Gasteiger partial charge in [0.05, 0.1) is 16.3 Å². The smallest absolute Gasteiger partial charge is 0.265 e. The molecule has 3 heterocycles. The second-order valence-corrected chi connectivity index (χ2v) is 6.62. The van der Waals surface area contributed by atoms with Crippen LogP contribution in [0.25, 0.3) is 11.3 Å². The lowest BCUT2D eigenvalue weighted by Gasteiger charge is -2.11. The molecule has 0 fully saturated rings. The van der Waals surface area contributed by atoms with Crippen molar-refractivity contribution in [2.45, 2.75) is 25.8 Å². The Kier molecular flexibility index (Phi) is 3.71. The molecule has 2 aromatic heterocycles.